The highest BCUT2D eigenvalue weighted by Gasteiger charge is 2.27. The summed E-state index contributed by atoms with van der Waals surface area (Å²) in [5.41, 5.74) is 0. The van der Waals surface area contributed by atoms with E-state index in [1.54, 1.807) is 0 Å². The second kappa shape index (κ2) is 37.1. The molecule has 0 amide bonds. The molecule has 0 aromatic rings. The Hall–Kier alpha value is -1.51. The van der Waals surface area contributed by atoms with Gasteiger partial charge in [-0.1, -0.05) is 160 Å². The first-order valence-electron chi connectivity index (χ1n) is 22.1. The summed E-state index contributed by atoms with van der Waals surface area (Å²) in [7, 11) is 1.48. The molecular formula is C44H85NO8P+. The third-order valence-corrected chi connectivity index (χ3v) is 10.5. The fourth-order valence-electron chi connectivity index (χ4n) is 5.99. The molecule has 0 saturated heterocycles. The van der Waals surface area contributed by atoms with Gasteiger partial charge in [0.05, 0.1) is 27.7 Å². The number of quaternary nitrogens is 1. The predicted molar refractivity (Wildman–Crippen MR) is 224 cm³/mol. The van der Waals surface area contributed by atoms with Crippen molar-refractivity contribution in [2.75, 3.05) is 47.5 Å². The van der Waals surface area contributed by atoms with Crippen LogP contribution < -0.4 is 0 Å². The molecule has 2 unspecified atom stereocenters. The van der Waals surface area contributed by atoms with Gasteiger partial charge in [-0.05, 0) is 44.9 Å². The van der Waals surface area contributed by atoms with Crippen LogP contribution in [-0.2, 0) is 32.7 Å². The molecule has 0 aromatic heterocycles. The van der Waals surface area contributed by atoms with Crippen molar-refractivity contribution in [3.05, 3.63) is 24.3 Å². The first-order valence-corrected chi connectivity index (χ1v) is 23.6. The number of hydrogen-bond acceptors (Lipinski definition) is 7. The van der Waals surface area contributed by atoms with Gasteiger partial charge < -0.3 is 18.9 Å². The molecule has 54 heavy (non-hydrogen) atoms. The van der Waals surface area contributed by atoms with E-state index < -0.39 is 26.5 Å². The van der Waals surface area contributed by atoms with Crippen molar-refractivity contribution >= 4 is 19.8 Å². The Bertz CT molecular complexity index is 980. The lowest BCUT2D eigenvalue weighted by molar-refractivity contribution is -0.870. The number of phosphoric ester groups is 1. The molecule has 0 aliphatic rings. The van der Waals surface area contributed by atoms with Gasteiger partial charge in [0, 0.05) is 12.8 Å². The number of carbonyl (C=O) groups is 2. The van der Waals surface area contributed by atoms with Gasteiger partial charge in [-0.25, -0.2) is 4.57 Å². The van der Waals surface area contributed by atoms with Crippen molar-refractivity contribution in [3.63, 3.8) is 0 Å². The molecule has 0 saturated carbocycles. The third kappa shape index (κ3) is 40.2. The maximum absolute atomic E-state index is 12.7. The minimum atomic E-state index is -4.37. The van der Waals surface area contributed by atoms with Crippen LogP contribution in [-0.4, -0.2) is 74.9 Å². The number of hydrogen-bond donors (Lipinski definition) is 1. The minimum Gasteiger partial charge on any atom is -0.462 e. The monoisotopic (exact) mass is 787 g/mol. The number of allylic oxidation sites excluding steroid dienone is 4. The topological polar surface area (TPSA) is 108 Å². The zero-order valence-electron chi connectivity index (χ0n) is 35.7. The lowest BCUT2D eigenvalue weighted by Gasteiger charge is -2.24. The normalized spacial score (nSPS) is 13.8. The van der Waals surface area contributed by atoms with Crippen LogP contribution in [0.1, 0.15) is 194 Å². The molecule has 10 heteroatoms. The van der Waals surface area contributed by atoms with Gasteiger partial charge >= 0.3 is 19.8 Å². The molecule has 1 N–H and O–H groups in total. The summed E-state index contributed by atoms with van der Waals surface area (Å²) >= 11 is 0. The third-order valence-electron chi connectivity index (χ3n) is 9.48. The molecule has 9 nitrogen and oxygen atoms in total. The van der Waals surface area contributed by atoms with Crippen LogP contribution in [0.25, 0.3) is 0 Å². The molecule has 0 bridgehead atoms. The number of nitrogens with zero attached hydrogens (tertiary/aromatic N) is 1. The van der Waals surface area contributed by atoms with Crippen LogP contribution in [0.15, 0.2) is 24.3 Å². The van der Waals surface area contributed by atoms with E-state index in [1.807, 2.05) is 21.1 Å². The second-order valence-electron chi connectivity index (χ2n) is 16.1. The first-order chi connectivity index (χ1) is 26.0. The van der Waals surface area contributed by atoms with Crippen LogP contribution in [0, 0.1) is 0 Å². The zero-order valence-corrected chi connectivity index (χ0v) is 36.6. The molecule has 0 aliphatic carbocycles. The van der Waals surface area contributed by atoms with Gasteiger partial charge in [-0.2, -0.15) is 0 Å². The van der Waals surface area contributed by atoms with E-state index in [9.17, 15) is 19.0 Å². The van der Waals surface area contributed by atoms with Gasteiger partial charge in [0.1, 0.15) is 19.8 Å². The number of ether oxygens (including phenoxy) is 2. The molecule has 2 atom stereocenters. The number of carbonyl (C=O) groups excluding carboxylic acids is 2. The zero-order chi connectivity index (χ0) is 40.0. The molecule has 0 spiro atoms. The average molecular weight is 787 g/mol. The van der Waals surface area contributed by atoms with E-state index in [-0.39, 0.29) is 25.6 Å². The van der Waals surface area contributed by atoms with Gasteiger partial charge in [0.2, 0.25) is 0 Å². The standard InChI is InChI=1S/C44H84NO8P/c1-6-8-10-12-14-16-18-20-21-22-23-25-27-29-31-33-35-37-44(47)53-42(41-52-54(48,49)51-39-38-45(3,4)5)40-50-43(46)36-34-32-30-28-26-24-19-17-15-13-11-9-7-2/h14,16,20-21,42H,6-13,15,17-19,22-41H2,1-5H3/p+1/b16-14+,21-20+. The molecule has 0 rings (SSSR count). The summed E-state index contributed by atoms with van der Waals surface area (Å²) in [6, 6.07) is 0. The Labute approximate surface area is 332 Å². The Morgan fingerprint density at radius 2 is 1.00 bits per heavy atom. The molecule has 0 aromatic carbocycles. The van der Waals surface area contributed by atoms with Gasteiger partial charge in [-0.15, -0.1) is 0 Å². The van der Waals surface area contributed by atoms with Crippen molar-refractivity contribution in [2.45, 2.75) is 200 Å². The Kier molecular flexibility index (Phi) is 36.1. The smallest absolute Gasteiger partial charge is 0.462 e. The van der Waals surface area contributed by atoms with E-state index in [1.165, 1.54) is 109 Å². The van der Waals surface area contributed by atoms with Crippen LogP contribution in [0.5, 0.6) is 0 Å². The van der Waals surface area contributed by atoms with Crippen molar-refractivity contribution in [1.82, 2.24) is 0 Å². The fraction of sp³-hybridized carbons (Fsp3) is 0.864. The number of esters is 2. The molecule has 318 valence electrons. The summed E-state index contributed by atoms with van der Waals surface area (Å²) in [5.74, 6) is -0.802. The van der Waals surface area contributed by atoms with E-state index in [2.05, 4.69) is 38.2 Å². The van der Waals surface area contributed by atoms with Crippen molar-refractivity contribution in [2.24, 2.45) is 0 Å². The number of phosphoric acid groups is 1. The quantitative estimate of drug-likeness (QED) is 0.0215. The Balaban J connectivity index is 4.36. The highest BCUT2D eigenvalue weighted by Crippen LogP contribution is 2.43. The van der Waals surface area contributed by atoms with Gasteiger partial charge in [0.25, 0.3) is 0 Å². The van der Waals surface area contributed by atoms with E-state index in [0.29, 0.717) is 23.9 Å². The van der Waals surface area contributed by atoms with Crippen molar-refractivity contribution in [3.8, 4) is 0 Å². The van der Waals surface area contributed by atoms with Crippen LogP contribution in [0.4, 0.5) is 0 Å². The summed E-state index contributed by atoms with van der Waals surface area (Å²) in [6.07, 6.45) is 39.3. The molecular weight excluding hydrogens is 701 g/mol. The largest absolute Gasteiger partial charge is 0.472 e. The number of rotatable bonds is 40. The Morgan fingerprint density at radius 1 is 0.574 bits per heavy atom. The van der Waals surface area contributed by atoms with Crippen LogP contribution in [0.3, 0.4) is 0 Å². The van der Waals surface area contributed by atoms with Crippen molar-refractivity contribution < 1.29 is 42.1 Å². The van der Waals surface area contributed by atoms with E-state index in [4.69, 9.17) is 18.5 Å². The summed E-state index contributed by atoms with van der Waals surface area (Å²) < 4.78 is 34.3. The molecule has 0 heterocycles. The number of likely N-dealkylation sites (N-methyl/N-ethyl adjacent to an activating group) is 1. The number of unbranched alkanes of at least 4 members (excludes halogenated alkanes) is 22. The molecule has 0 aliphatic heterocycles. The second-order valence-corrected chi connectivity index (χ2v) is 17.5. The summed E-state index contributed by atoms with van der Waals surface area (Å²) in [5, 5.41) is 0. The molecule has 0 fully saturated rings. The highest BCUT2D eigenvalue weighted by atomic mass is 31.2. The van der Waals surface area contributed by atoms with Crippen LogP contribution in [0.2, 0.25) is 0 Å². The predicted octanol–water partition coefficient (Wildman–Crippen LogP) is 12.4. The van der Waals surface area contributed by atoms with Crippen molar-refractivity contribution in [1.29, 1.82) is 0 Å². The molecule has 0 radical (unpaired) electrons. The SMILES string of the molecule is CCCCC/C=C/C/C=C/CCCCCCCCCC(=O)OC(COC(=O)CCCCCCCCCCCCCCC)COP(=O)(O)OCC[N+](C)(C)C. The summed E-state index contributed by atoms with van der Waals surface area (Å²) in [6.45, 7) is 4.40. The average Bonchev–Trinajstić information content (AvgIpc) is 3.12. The maximum atomic E-state index is 12.7. The lowest BCUT2D eigenvalue weighted by atomic mass is 10.0. The fourth-order valence-corrected chi connectivity index (χ4v) is 6.73. The Morgan fingerprint density at radius 3 is 1.50 bits per heavy atom. The van der Waals surface area contributed by atoms with Crippen LogP contribution >= 0.6 is 7.82 Å². The maximum Gasteiger partial charge on any atom is 0.472 e. The van der Waals surface area contributed by atoms with Gasteiger partial charge in [-0.3, -0.25) is 18.6 Å². The minimum absolute atomic E-state index is 0.0318. The van der Waals surface area contributed by atoms with E-state index in [0.717, 1.165) is 51.4 Å². The summed E-state index contributed by atoms with van der Waals surface area (Å²) in [4.78, 5) is 35.3. The lowest BCUT2D eigenvalue weighted by Crippen LogP contribution is -2.37. The van der Waals surface area contributed by atoms with E-state index >= 15 is 0 Å². The first kappa shape index (κ1) is 52.5. The highest BCUT2D eigenvalue weighted by molar-refractivity contribution is 7.47. The van der Waals surface area contributed by atoms with Gasteiger partial charge in [0.15, 0.2) is 6.10 Å².